The van der Waals surface area contributed by atoms with Crippen LogP contribution in [0.15, 0.2) is 29.2 Å². The van der Waals surface area contributed by atoms with E-state index in [9.17, 15) is 13.2 Å². The van der Waals surface area contributed by atoms with Crippen molar-refractivity contribution in [2.75, 3.05) is 38.5 Å². The summed E-state index contributed by atoms with van der Waals surface area (Å²) in [5.74, 6) is -0.184. The van der Waals surface area contributed by atoms with E-state index in [1.807, 2.05) is 20.0 Å². The summed E-state index contributed by atoms with van der Waals surface area (Å²) in [4.78, 5) is 18.8. The number of aromatic nitrogens is 1. The SMILES string of the molecule is CC(=O)Nc1nc(C)c(-c2cccc(S(=O)(=O)N3CCN(C)CC3)c2)s1. The van der Waals surface area contributed by atoms with Crippen LogP contribution in [0.25, 0.3) is 10.4 Å². The van der Waals surface area contributed by atoms with E-state index in [1.165, 1.54) is 22.6 Å². The molecule has 2 heterocycles. The fourth-order valence-corrected chi connectivity index (χ4v) is 5.32. The number of amides is 1. The summed E-state index contributed by atoms with van der Waals surface area (Å²) in [6.07, 6.45) is 0. The number of hydrogen-bond donors (Lipinski definition) is 1. The zero-order valence-electron chi connectivity index (χ0n) is 15.0. The number of nitrogens with zero attached hydrogens (tertiary/aromatic N) is 3. The number of carbonyl (C=O) groups is 1. The molecule has 1 aliphatic heterocycles. The lowest BCUT2D eigenvalue weighted by molar-refractivity contribution is -0.114. The molecule has 0 unspecified atom stereocenters. The maximum Gasteiger partial charge on any atom is 0.243 e. The molecule has 0 atom stereocenters. The van der Waals surface area contributed by atoms with Gasteiger partial charge in [-0.2, -0.15) is 4.31 Å². The summed E-state index contributed by atoms with van der Waals surface area (Å²) in [6, 6.07) is 6.92. The van der Waals surface area contributed by atoms with Gasteiger partial charge in [-0.1, -0.05) is 23.5 Å². The van der Waals surface area contributed by atoms with Crippen molar-refractivity contribution in [3.05, 3.63) is 30.0 Å². The first-order valence-corrected chi connectivity index (χ1v) is 10.6. The van der Waals surface area contributed by atoms with Gasteiger partial charge in [0.05, 0.1) is 15.5 Å². The third-order valence-electron chi connectivity index (χ3n) is 4.28. The van der Waals surface area contributed by atoms with E-state index >= 15 is 0 Å². The first kappa shape index (κ1) is 19.0. The fraction of sp³-hybridized carbons (Fsp3) is 0.412. The number of nitrogens with one attached hydrogen (secondary N) is 1. The van der Waals surface area contributed by atoms with Crippen LogP contribution in [0.5, 0.6) is 0 Å². The molecule has 0 aliphatic carbocycles. The van der Waals surface area contributed by atoms with Crippen LogP contribution in [-0.2, 0) is 14.8 Å². The Morgan fingerprint density at radius 3 is 2.58 bits per heavy atom. The maximum atomic E-state index is 13.0. The van der Waals surface area contributed by atoms with Gasteiger partial charge in [0, 0.05) is 33.1 Å². The Hall–Kier alpha value is -1.81. The molecule has 1 aromatic heterocycles. The number of sulfonamides is 1. The van der Waals surface area contributed by atoms with Crippen LogP contribution in [0.1, 0.15) is 12.6 Å². The van der Waals surface area contributed by atoms with Gasteiger partial charge in [-0.15, -0.1) is 0 Å². The summed E-state index contributed by atoms with van der Waals surface area (Å²) in [6.45, 7) is 5.73. The van der Waals surface area contributed by atoms with Crippen LogP contribution < -0.4 is 5.32 Å². The molecule has 0 radical (unpaired) electrons. The molecule has 1 fully saturated rings. The zero-order chi connectivity index (χ0) is 18.9. The second-order valence-corrected chi connectivity index (χ2v) is 9.29. The topological polar surface area (TPSA) is 82.6 Å². The number of benzene rings is 1. The highest BCUT2D eigenvalue weighted by Crippen LogP contribution is 2.34. The maximum absolute atomic E-state index is 13.0. The summed E-state index contributed by atoms with van der Waals surface area (Å²) >= 11 is 1.34. The Labute approximate surface area is 157 Å². The van der Waals surface area contributed by atoms with E-state index < -0.39 is 10.0 Å². The molecule has 1 N–H and O–H groups in total. The number of anilines is 1. The quantitative estimate of drug-likeness (QED) is 0.858. The second kappa shape index (κ2) is 7.43. The van der Waals surface area contributed by atoms with Gasteiger partial charge in [0.2, 0.25) is 15.9 Å². The first-order chi connectivity index (χ1) is 12.3. The summed E-state index contributed by atoms with van der Waals surface area (Å²) < 4.78 is 27.4. The zero-order valence-corrected chi connectivity index (χ0v) is 16.7. The molecule has 1 saturated heterocycles. The predicted octanol–water partition coefficient (Wildman–Crippen LogP) is 2.01. The molecule has 1 aliphatic rings. The molecule has 1 aromatic carbocycles. The summed E-state index contributed by atoms with van der Waals surface area (Å²) in [5, 5.41) is 3.19. The molecule has 0 spiro atoms. The Morgan fingerprint density at radius 2 is 1.92 bits per heavy atom. The standard InChI is InChI=1S/C17H22N4O3S2/c1-12-16(25-17(18-12)19-13(2)22)14-5-4-6-15(11-14)26(23,24)21-9-7-20(3)8-10-21/h4-6,11H,7-10H2,1-3H3,(H,18,19,22). The highest BCUT2D eigenvalue weighted by Gasteiger charge is 2.27. The Balaban J connectivity index is 1.91. The second-order valence-electron chi connectivity index (χ2n) is 6.35. The van der Waals surface area contributed by atoms with Crippen molar-refractivity contribution in [3.63, 3.8) is 0 Å². The van der Waals surface area contributed by atoms with Crippen LogP contribution in [0.2, 0.25) is 0 Å². The molecule has 26 heavy (non-hydrogen) atoms. The van der Waals surface area contributed by atoms with Gasteiger partial charge in [0.15, 0.2) is 5.13 Å². The van der Waals surface area contributed by atoms with Crippen molar-refractivity contribution in [2.45, 2.75) is 18.7 Å². The van der Waals surface area contributed by atoms with Crippen molar-refractivity contribution in [2.24, 2.45) is 0 Å². The van der Waals surface area contributed by atoms with Gasteiger partial charge in [-0.25, -0.2) is 13.4 Å². The summed E-state index contributed by atoms with van der Waals surface area (Å²) in [7, 11) is -1.53. The van der Waals surface area contributed by atoms with Crippen LogP contribution in [-0.4, -0.2) is 61.7 Å². The minimum Gasteiger partial charge on any atom is -0.304 e. The van der Waals surface area contributed by atoms with E-state index in [1.54, 1.807) is 18.2 Å². The Kier molecular flexibility index (Phi) is 5.42. The highest BCUT2D eigenvalue weighted by atomic mass is 32.2. The molecule has 1 amide bonds. The number of piperazine rings is 1. The minimum absolute atomic E-state index is 0.184. The normalized spacial score (nSPS) is 16.6. The molecular formula is C17H22N4O3S2. The largest absolute Gasteiger partial charge is 0.304 e. The molecule has 2 aromatic rings. The van der Waals surface area contributed by atoms with Crippen LogP contribution >= 0.6 is 11.3 Å². The highest BCUT2D eigenvalue weighted by molar-refractivity contribution is 7.89. The first-order valence-electron chi connectivity index (χ1n) is 8.31. The van der Waals surface area contributed by atoms with E-state index in [2.05, 4.69) is 15.2 Å². The fourth-order valence-electron chi connectivity index (χ4n) is 2.84. The minimum atomic E-state index is -3.52. The number of hydrogen-bond acceptors (Lipinski definition) is 6. The van der Waals surface area contributed by atoms with Crippen molar-refractivity contribution in [1.29, 1.82) is 0 Å². The smallest absolute Gasteiger partial charge is 0.243 e. The van der Waals surface area contributed by atoms with E-state index in [0.29, 0.717) is 18.2 Å². The number of likely N-dealkylation sites (N-methyl/N-ethyl adjacent to an activating group) is 1. The number of carbonyl (C=O) groups excluding carboxylic acids is 1. The lowest BCUT2D eigenvalue weighted by Crippen LogP contribution is -2.47. The summed E-state index contributed by atoms with van der Waals surface area (Å²) in [5.41, 5.74) is 1.54. The van der Waals surface area contributed by atoms with Gasteiger partial charge in [0.1, 0.15) is 0 Å². The third kappa shape index (κ3) is 3.96. The van der Waals surface area contributed by atoms with Gasteiger partial charge in [-0.3, -0.25) is 4.79 Å². The number of thiazole rings is 1. The molecule has 3 rings (SSSR count). The average molecular weight is 395 g/mol. The molecule has 0 bridgehead atoms. The average Bonchev–Trinajstić information content (AvgIpc) is 2.95. The molecule has 9 heteroatoms. The van der Waals surface area contributed by atoms with Crippen molar-refractivity contribution >= 4 is 32.4 Å². The van der Waals surface area contributed by atoms with Crippen LogP contribution in [0.3, 0.4) is 0 Å². The predicted molar refractivity (Wildman–Crippen MR) is 103 cm³/mol. The van der Waals surface area contributed by atoms with Crippen molar-refractivity contribution in [1.82, 2.24) is 14.2 Å². The molecule has 0 saturated carbocycles. The third-order valence-corrected chi connectivity index (χ3v) is 7.29. The van der Waals surface area contributed by atoms with Gasteiger partial charge >= 0.3 is 0 Å². The van der Waals surface area contributed by atoms with Gasteiger partial charge < -0.3 is 10.2 Å². The van der Waals surface area contributed by atoms with Crippen LogP contribution in [0.4, 0.5) is 5.13 Å². The number of aryl methyl sites for hydroxylation is 1. The van der Waals surface area contributed by atoms with Gasteiger partial charge in [-0.05, 0) is 31.7 Å². The van der Waals surface area contributed by atoms with E-state index in [-0.39, 0.29) is 10.8 Å². The van der Waals surface area contributed by atoms with Crippen LogP contribution in [0, 0.1) is 6.92 Å². The molecular weight excluding hydrogens is 372 g/mol. The van der Waals surface area contributed by atoms with E-state index in [4.69, 9.17) is 0 Å². The van der Waals surface area contributed by atoms with Gasteiger partial charge in [0.25, 0.3) is 0 Å². The lowest BCUT2D eigenvalue weighted by atomic mass is 10.2. The van der Waals surface area contributed by atoms with E-state index in [0.717, 1.165) is 29.2 Å². The Bertz CT molecular complexity index is 916. The number of rotatable bonds is 4. The van der Waals surface area contributed by atoms with Crippen molar-refractivity contribution in [3.8, 4) is 10.4 Å². The lowest BCUT2D eigenvalue weighted by Gasteiger charge is -2.31. The Morgan fingerprint density at radius 1 is 1.23 bits per heavy atom. The monoisotopic (exact) mass is 394 g/mol. The molecule has 7 nitrogen and oxygen atoms in total. The van der Waals surface area contributed by atoms with Crippen molar-refractivity contribution < 1.29 is 13.2 Å². The molecule has 140 valence electrons.